The largest absolute Gasteiger partial charge is 0.497 e. The molecule has 0 aliphatic heterocycles. The number of aliphatic hydroxyl groups excluding tert-OH is 1. The number of hydrogen-bond acceptors (Lipinski definition) is 4. The Morgan fingerprint density at radius 2 is 2.17 bits per heavy atom. The van der Waals surface area contributed by atoms with Gasteiger partial charge in [-0.1, -0.05) is 0 Å². The van der Waals surface area contributed by atoms with Crippen LogP contribution in [0.25, 0.3) is 0 Å². The molecule has 0 saturated heterocycles. The maximum absolute atomic E-state index is 9.66. The summed E-state index contributed by atoms with van der Waals surface area (Å²) in [5, 5.41) is 9.66. The zero-order valence-corrected chi connectivity index (χ0v) is 10.9. The standard InChI is InChI=1S/C14H20O4/c1-10(15)13-6-5-12(16-2)7-14(13)18-9-17-8-11-3-4-11/h5-7,10-11,15H,3-4,8-9H2,1-2H3/t10-/m0/s1. The Kier molecular flexibility index (Phi) is 4.44. The molecule has 4 heteroatoms. The van der Waals surface area contributed by atoms with E-state index in [1.165, 1.54) is 12.8 Å². The first-order valence-electron chi connectivity index (χ1n) is 6.27. The average molecular weight is 252 g/mol. The molecule has 0 bridgehead atoms. The van der Waals surface area contributed by atoms with Crippen molar-refractivity contribution < 1.29 is 19.3 Å². The summed E-state index contributed by atoms with van der Waals surface area (Å²) < 4.78 is 16.1. The van der Waals surface area contributed by atoms with Gasteiger partial charge < -0.3 is 19.3 Å². The number of aliphatic hydroxyl groups is 1. The van der Waals surface area contributed by atoms with Crippen LogP contribution in [-0.2, 0) is 4.74 Å². The molecule has 1 saturated carbocycles. The normalized spacial score (nSPS) is 16.4. The maximum atomic E-state index is 9.66. The SMILES string of the molecule is COc1ccc([C@H](C)O)c(OCOCC2CC2)c1. The summed E-state index contributed by atoms with van der Waals surface area (Å²) in [6.45, 7) is 2.68. The van der Waals surface area contributed by atoms with E-state index in [9.17, 15) is 5.11 Å². The van der Waals surface area contributed by atoms with E-state index in [-0.39, 0.29) is 6.79 Å². The molecule has 0 unspecified atom stereocenters. The van der Waals surface area contributed by atoms with Gasteiger partial charge in [-0.3, -0.25) is 0 Å². The van der Waals surface area contributed by atoms with Crippen molar-refractivity contribution in [3.63, 3.8) is 0 Å². The lowest BCUT2D eigenvalue weighted by Crippen LogP contribution is -2.07. The molecule has 1 aromatic rings. The van der Waals surface area contributed by atoms with Crippen molar-refractivity contribution in [1.82, 2.24) is 0 Å². The topological polar surface area (TPSA) is 47.9 Å². The molecule has 0 heterocycles. The van der Waals surface area contributed by atoms with Gasteiger partial charge in [0.1, 0.15) is 11.5 Å². The van der Waals surface area contributed by atoms with Crippen molar-refractivity contribution >= 4 is 0 Å². The highest BCUT2D eigenvalue weighted by Gasteiger charge is 2.21. The smallest absolute Gasteiger partial charge is 0.189 e. The minimum Gasteiger partial charge on any atom is -0.497 e. The Labute approximate surface area is 107 Å². The Balaban J connectivity index is 1.93. The first kappa shape index (κ1) is 13.2. The minimum atomic E-state index is -0.575. The molecule has 0 amide bonds. The summed E-state index contributed by atoms with van der Waals surface area (Å²) in [5.74, 6) is 2.03. The third-order valence-electron chi connectivity index (χ3n) is 3.02. The molecule has 1 aliphatic rings. The first-order chi connectivity index (χ1) is 8.70. The van der Waals surface area contributed by atoms with Gasteiger partial charge >= 0.3 is 0 Å². The second kappa shape index (κ2) is 6.07. The van der Waals surface area contributed by atoms with Gasteiger partial charge in [-0.25, -0.2) is 0 Å². The van der Waals surface area contributed by atoms with Crippen LogP contribution in [0, 0.1) is 5.92 Å². The van der Waals surface area contributed by atoms with Crippen LogP contribution < -0.4 is 9.47 Å². The van der Waals surface area contributed by atoms with Crippen LogP contribution in [0.2, 0.25) is 0 Å². The van der Waals surface area contributed by atoms with Crippen LogP contribution in [-0.4, -0.2) is 25.6 Å². The maximum Gasteiger partial charge on any atom is 0.189 e. The van der Waals surface area contributed by atoms with E-state index >= 15 is 0 Å². The fraction of sp³-hybridized carbons (Fsp3) is 0.571. The molecule has 18 heavy (non-hydrogen) atoms. The van der Waals surface area contributed by atoms with Crippen molar-refractivity contribution in [3.05, 3.63) is 23.8 Å². The number of benzene rings is 1. The van der Waals surface area contributed by atoms with Gasteiger partial charge in [-0.05, 0) is 37.8 Å². The van der Waals surface area contributed by atoms with Crippen LogP contribution in [0.4, 0.5) is 0 Å². The van der Waals surface area contributed by atoms with Crippen molar-refractivity contribution in [3.8, 4) is 11.5 Å². The molecule has 1 N–H and O–H groups in total. The van der Waals surface area contributed by atoms with Gasteiger partial charge in [0, 0.05) is 11.6 Å². The molecule has 4 nitrogen and oxygen atoms in total. The highest BCUT2D eigenvalue weighted by Crippen LogP contribution is 2.30. The Morgan fingerprint density at radius 3 is 2.78 bits per heavy atom. The molecule has 2 rings (SSSR count). The van der Waals surface area contributed by atoms with Gasteiger partial charge in [0.05, 0.1) is 19.8 Å². The predicted octanol–water partition coefficient (Wildman–Crippen LogP) is 2.51. The van der Waals surface area contributed by atoms with Crippen LogP contribution in [0.15, 0.2) is 18.2 Å². The fourth-order valence-corrected chi connectivity index (χ4v) is 1.72. The number of hydrogen-bond donors (Lipinski definition) is 1. The van der Waals surface area contributed by atoms with Crippen LogP contribution in [0.5, 0.6) is 11.5 Å². The molecule has 1 atom stereocenters. The molecular weight excluding hydrogens is 232 g/mol. The average Bonchev–Trinajstić information content (AvgIpc) is 3.18. The second-order valence-corrected chi connectivity index (χ2v) is 4.66. The fourth-order valence-electron chi connectivity index (χ4n) is 1.72. The number of methoxy groups -OCH3 is 1. The third kappa shape index (κ3) is 3.62. The molecule has 0 aromatic heterocycles. The van der Waals surface area contributed by atoms with Gasteiger partial charge in [0.15, 0.2) is 6.79 Å². The predicted molar refractivity (Wildman–Crippen MR) is 67.8 cm³/mol. The summed E-state index contributed by atoms with van der Waals surface area (Å²) in [4.78, 5) is 0. The molecule has 1 fully saturated rings. The van der Waals surface area contributed by atoms with Crippen molar-refractivity contribution in [2.75, 3.05) is 20.5 Å². The van der Waals surface area contributed by atoms with Gasteiger partial charge in [0.2, 0.25) is 0 Å². The molecule has 1 aromatic carbocycles. The summed E-state index contributed by atoms with van der Waals surface area (Å²) >= 11 is 0. The van der Waals surface area contributed by atoms with Crippen LogP contribution >= 0.6 is 0 Å². The van der Waals surface area contributed by atoms with E-state index in [0.717, 1.165) is 18.1 Å². The van der Waals surface area contributed by atoms with Gasteiger partial charge in [-0.15, -0.1) is 0 Å². The lowest BCUT2D eigenvalue weighted by atomic mass is 10.1. The summed E-state index contributed by atoms with van der Waals surface area (Å²) in [5.41, 5.74) is 0.742. The Bertz CT molecular complexity index is 385. The monoisotopic (exact) mass is 252 g/mol. The second-order valence-electron chi connectivity index (χ2n) is 4.66. The zero-order valence-electron chi connectivity index (χ0n) is 10.9. The van der Waals surface area contributed by atoms with Crippen LogP contribution in [0.1, 0.15) is 31.4 Å². The molecule has 1 aliphatic carbocycles. The summed E-state index contributed by atoms with van der Waals surface area (Å²) in [6, 6.07) is 5.38. The first-order valence-corrected chi connectivity index (χ1v) is 6.27. The lowest BCUT2D eigenvalue weighted by Gasteiger charge is -2.14. The number of ether oxygens (including phenoxy) is 3. The molecule has 0 radical (unpaired) electrons. The van der Waals surface area contributed by atoms with E-state index in [2.05, 4.69) is 0 Å². The van der Waals surface area contributed by atoms with E-state index in [1.807, 2.05) is 0 Å². The van der Waals surface area contributed by atoms with E-state index in [0.29, 0.717) is 11.5 Å². The van der Waals surface area contributed by atoms with E-state index < -0.39 is 6.10 Å². The Hall–Kier alpha value is -1.26. The minimum absolute atomic E-state index is 0.212. The summed E-state index contributed by atoms with van der Waals surface area (Å²) in [6.07, 6.45) is 1.95. The summed E-state index contributed by atoms with van der Waals surface area (Å²) in [7, 11) is 1.60. The van der Waals surface area contributed by atoms with Crippen molar-refractivity contribution in [2.45, 2.75) is 25.9 Å². The molecule has 100 valence electrons. The Morgan fingerprint density at radius 1 is 1.39 bits per heavy atom. The lowest BCUT2D eigenvalue weighted by molar-refractivity contribution is 0.00821. The van der Waals surface area contributed by atoms with E-state index in [1.54, 1.807) is 32.2 Å². The molecular formula is C14H20O4. The highest BCUT2D eigenvalue weighted by molar-refractivity contribution is 5.41. The van der Waals surface area contributed by atoms with Crippen molar-refractivity contribution in [1.29, 1.82) is 0 Å². The number of rotatable bonds is 7. The van der Waals surface area contributed by atoms with Crippen LogP contribution in [0.3, 0.4) is 0 Å². The quantitative estimate of drug-likeness (QED) is 0.598. The molecule has 0 spiro atoms. The van der Waals surface area contributed by atoms with Gasteiger partial charge in [0.25, 0.3) is 0 Å². The van der Waals surface area contributed by atoms with Crippen molar-refractivity contribution in [2.24, 2.45) is 5.92 Å². The van der Waals surface area contributed by atoms with Gasteiger partial charge in [-0.2, -0.15) is 0 Å². The highest BCUT2D eigenvalue weighted by atomic mass is 16.7. The van der Waals surface area contributed by atoms with E-state index in [4.69, 9.17) is 14.2 Å². The third-order valence-corrected chi connectivity index (χ3v) is 3.02. The zero-order chi connectivity index (χ0) is 13.0.